The summed E-state index contributed by atoms with van der Waals surface area (Å²) in [5, 5.41) is 12.1. The van der Waals surface area contributed by atoms with Gasteiger partial charge in [0.25, 0.3) is 0 Å². The number of nitrogens with one attached hydrogen (secondary N) is 1. The fraction of sp³-hybridized carbons (Fsp3) is 0.500. The maximum absolute atomic E-state index is 12.0. The SMILES string of the molecule is O=C(O)c1cccc(CNCCC(=O)N2CCCCC2)c1. The van der Waals surface area contributed by atoms with Gasteiger partial charge in [-0.15, -0.1) is 0 Å². The Morgan fingerprint density at radius 2 is 1.95 bits per heavy atom. The molecular weight excluding hydrogens is 268 g/mol. The van der Waals surface area contributed by atoms with E-state index in [-0.39, 0.29) is 5.91 Å². The Hall–Kier alpha value is -1.88. The summed E-state index contributed by atoms with van der Waals surface area (Å²) in [5.41, 5.74) is 1.21. The summed E-state index contributed by atoms with van der Waals surface area (Å²) in [4.78, 5) is 24.8. The Kier molecular flexibility index (Phi) is 5.75. The molecule has 1 fully saturated rings. The number of piperidine rings is 1. The second kappa shape index (κ2) is 7.78. The van der Waals surface area contributed by atoms with Crippen molar-refractivity contribution in [3.05, 3.63) is 35.4 Å². The summed E-state index contributed by atoms with van der Waals surface area (Å²) in [7, 11) is 0. The molecule has 1 aliphatic heterocycles. The summed E-state index contributed by atoms with van der Waals surface area (Å²) >= 11 is 0. The summed E-state index contributed by atoms with van der Waals surface area (Å²) < 4.78 is 0. The normalized spacial score (nSPS) is 15.0. The van der Waals surface area contributed by atoms with Crippen molar-refractivity contribution < 1.29 is 14.7 Å². The molecule has 0 aliphatic carbocycles. The number of carboxylic acids is 1. The molecule has 2 rings (SSSR count). The summed E-state index contributed by atoms with van der Waals surface area (Å²) in [6.07, 6.45) is 3.95. The molecule has 1 aromatic rings. The maximum atomic E-state index is 12.0. The Labute approximate surface area is 125 Å². The van der Waals surface area contributed by atoms with Gasteiger partial charge in [-0.2, -0.15) is 0 Å². The number of amides is 1. The van der Waals surface area contributed by atoms with Gasteiger partial charge in [0.2, 0.25) is 5.91 Å². The lowest BCUT2D eigenvalue weighted by Crippen LogP contribution is -2.37. The van der Waals surface area contributed by atoms with Gasteiger partial charge in [-0.25, -0.2) is 4.79 Å². The Morgan fingerprint density at radius 3 is 2.67 bits per heavy atom. The molecule has 5 nitrogen and oxygen atoms in total. The maximum Gasteiger partial charge on any atom is 0.335 e. The highest BCUT2D eigenvalue weighted by Gasteiger charge is 2.15. The second-order valence-corrected chi connectivity index (χ2v) is 5.37. The standard InChI is InChI=1S/C16H22N2O3/c19-15(18-9-2-1-3-10-18)7-8-17-12-13-5-4-6-14(11-13)16(20)21/h4-6,11,17H,1-3,7-10,12H2,(H,20,21). The lowest BCUT2D eigenvalue weighted by atomic mass is 10.1. The molecule has 0 spiro atoms. The zero-order valence-corrected chi connectivity index (χ0v) is 12.2. The molecule has 114 valence electrons. The van der Waals surface area contributed by atoms with Crippen molar-refractivity contribution >= 4 is 11.9 Å². The summed E-state index contributed by atoms with van der Waals surface area (Å²) in [6, 6.07) is 6.85. The largest absolute Gasteiger partial charge is 0.478 e. The number of carbonyl (C=O) groups excluding carboxylic acids is 1. The third-order valence-corrected chi connectivity index (χ3v) is 3.73. The van der Waals surface area contributed by atoms with E-state index in [0.29, 0.717) is 25.1 Å². The van der Waals surface area contributed by atoms with E-state index < -0.39 is 5.97 Å². The number of hydrogen-bond acceptors (Lipinski definition) is 3. The predicted molar refractivity (Wildman–Crippen MR) is 80.2 cm³/mol. The monoisotopic (exact) mass is 290 g/mol. The van der Waals surface area contributed by atoms with E-state index >= 15 is 0 Å². The molecule has 0 atom stereocenters. The van der Waals surface area contributed by atoms with E-state index in [1.807, 2.05) is 11.0 Å². The quantitative estimate of drug-likeness (QED) is 0.785. The zero-order chi connectivity index (χ0) is 15.1. The first kappa shape index (κ1) is 15.5. The molecule has 5 heteroatoms. The lowest BCUT2D eigenvalue weighted by molar-refractivity contribution is -0.131. The van der Waals surface area contributed by atoms with Crippen LogP contribution in [-0.4, -0.2) is 41.5 Å². The minimum Gasteiger partial charge on any atom is -0.478 e. The molecular formula is C16H22N2O3. The molecule has 1 aromatic carbocycles. The van der Waals surface area contributed by atoms with Crippen LogP contribution in [0, 0.1) is 0 Å². The van der Waals surface area contributed by atoms with Crippen LogP contribution in [0.25, 0.3) is 0 Å². The van der Waals surface area contributed by atoms with Crippen LogP contribution < -0.4 is 5.32 Å². The number of hydrogen-bond donors (Lipinski definition) is 2. The number of aromatic carboxylic acids is 1. The van der Waals surface area contributed by atoms with Crippen LogP contribution >= 0.6 is 0 Å². The number of rotatable bonds is 6. The van der Waals surface area contributed by atoms with Crippen molar-refractivity contribution in [1.29, 1.82) is 0 Å². The van der Waals surface area contributed by atoms with Gasteiger partial charge in [-0.05, 0) is 37.0 Å². The van der Waals surface area contributed by atoms with Crippen molar-refractivity contribution in [1.82, 2.24) is 10.2 Å². The molecule has 0 aromatic heterocycles. The van der Waals surface area contributed by atoms with Gasteiger partial charge < -0.3 is 15.3 Å². The van der Waals surface area contributed by atoms with Crippen LogP contribution in [0.2, 0.25) is 0 Å². The first-order valence-electron chi connectivity index (χ1n) is 7.47. The number of carboxylic acid groups (broad SMARTS) is 1. The predicted octanol–water partition coefficient (Wildman–Crippen LogP) is 1.88. The fourth-order valence-electron chi connectivity index (χ4n) is 2.54. The van der Waals surface area contributed by atoms with Gasteiger partial charge in [-0.3, -0.25) is 4.79 Å². The van der Waals surface area contributed by atoms with E-state index in [1.54, 1.807) is 18.2 Å². The van der Waals surface area contributed by atoms with Crippen molar-refractivity contribution in [3.8, 4) is 0 Å². The molecule has 0 unspecified atom stereocenters. The molecule has 1 saturated heterocycles. The van der Waals surface area contributed by atoms with Crippen molar-refractivity contribution in [2.45, 2.75) is 32.2 Å². The smallest absolute Gasteiger partial charge is 0.335 e. The Morgan fingerprint density at radius 1 is 1.19 bits per heavy atom. The fourth-order valence-corrected chi connectivity index (χ4v) is 2.54. The first-order chi connectivity index (χ1) is 10.2. The number of carbonyl (C=O) groups is 2. The lowest BCUT2D eigenvalue weighted by Gasteiger charge is -2.26. The topological polar surface area (TPSA) is 69.6 Å². The molecule has 1 aliphatic rings. The van der Waals surface area contributed by atoms with Crippen LogP contribution in [0.1, 0.15) is 41.6 Å². The highest BCUT2D eigenvalue weighted by molar-refractivity contribution is 5.87. The van der Waals surface area contributed by atoms with E-state index in [1.165, 1.54) is 6.42 Å². The molecule has 2 N–H and O–H groups in total. The average molecular weight is 290 g/mol. The minimum atomic E-state index is -0.919. The molecule has 0 bridgehead atoms. The number of benzene rings is 1. The summed E-state index contributed by atoms with van der Waals surface area (Å²) in [6.45, 7) is 2.97. The highest BCUT2D eigenvalue weighted by atomic mass is 16.4. The number of likely N-dealkylation sites (tertiary alicyclic amines) is 1. The number of nitrogens with zero attached hydrogens (tertiary/aromatic N) is 1. The molecule has 1 heterocycles. The van der Waals surface area contributed by atoms with Gasteiger partial charge in [-0.1, -0.05) is 12.1 Å². The van der Waals surface area contributed by atoms with E-state index in [0.717, 1.165) is 31.5 Å². The van der Waals surface area contributed by atoms with E-state index in [4.69, 9.17) is 5.11 Å². The molecule has 1 amide bonds. The van der Waals surface area contributed by atoms with Gasteiger partial charge >= 0.3 is 5.97 Å². The van der Waals surface area contributed by atoms with E-state index in [9.17, 15) is 9.59 Å². The first-order valence-corrected chi connectivity index (χ1v) is 7.47. The molecule has 0 radical (unpaired) electrons. The van der Waals surface area contributed by atoms with Gasteiger partial charge in [0.1, 0.15) is 0 Å². The van der Waals surface area contributed by atoms with Gasteiger partial charge in [0, 0.05) is 32.6 Å². The van der Waals surface area contributed by atoms with E-state index in [2.05, 4.69) is 5.32 Å². The van der Waals surface area contributed by atoms with Crippen LogP contribution in [0.4, 0.5) is 0 Å². The van der Waals surface area contributed by atoms with Crippen LogP contribution in [0.5, 0.6) is 0 Å². The van der Waals surface area contributed by atoms with Gasteiger partial charge in [0.05, 0.1) is 5.56 Å². The highest BCUT2D eigenvalue weighted by Crippen LogP contribution is 2.09. The van der Waals surface area contributed by atoms with Gasteiger partial charge in [0.15, 0.2) is 0 Å². The third kappa shape index (κ3) is 4.86. The van der Waals surface area contributed by atoms with Crippen molar-refractivity contribution in [2.24, 2.45) is 0 Å². The molecule has 21 heavy (non-hydrogen) atoms. The van der Waals surface area contributed by atoms with Crippen molar-refractivity contribution in [3.63, 3.8) is 0 Å². The zero-order valence-electron chi connectivity index (χ0n) is 12.2. The van der Waals surface area contributed by atoms with Crippen LogP contribution in [-0.2, 0) is 11.3 Å². The third-order valence-electron chi connectivity index (χ3n) is 3.73. The average Bonchev–Trinajstić information content (AvgIpc) is 2.52. The van der Waals surface area contributed by atoms with Crippen LogP contribution in [0.15, 0.2) is 24.3 Å². The minimum absolute atomic E-state index is 0.210. The van der Waals surface area contributed by atoms with Crippen molar-refractivity contribution in [2.75, 3.05) is 19.6 Å². The second-order valence-electron chi connectivity index (χ2n) is 5.37. The Bertz CT molecular complexity index is 496. The molecule has 0 saturated carbocycles. The summed E-state index contributed by atoms with van der Waals surface area (Å²) in [5.74, 6) is -0.710. The Balaban J connectivity index is 1.70. The van der Waals surface area contributed by atoms with Crippen LogP contribution in [0.3, 0.4) is 0 Å².